The van der Waals surface area contributed by atoms with Gasteiger partial charge in [0.2, 0.25) is 10.0 Å². The fourth-order valence-corrected chi connectivity index (χ4v) is 4.83. The van der Waals surface area contributed by atoms with Gasteiger partial charge in [0, 0.05) is 24.8 Å². The number of benzene rings is 1. The Morgan fingerprint density at radius 3 is 2.50 bits per heavy atom. The fourth-order valence-electron chi connectivity index (χ4n) is 3.65. The van der Waals surface area contributed by atoms with Crippen LogP contribution in [-0.4, -0.2) is 40.2 Å². The highest BCUT2D eigenvalue weighted by molar-refractivity contribution is 7.89. The largest absolute Gasteiger partial charge is 0.463 e. The van der Waals surface area contributed by atoms with Crippen molar-refractivity contribution in [3.05, 3.63) is 102 Å². The minimum absolute atomic E-state index is 0.00728. The Bertz CT molecular complexity index is 1390. The SMILES string of the molecule is CC(C)OC(=O)Cc1cccc(C(Cc2ccc(-n3cccn3)cc2)NS(=O)(=O)c2cccnc2)n1. The van der Waals surface area contributed by atoms with Gasteiger partial charge in [-0.3, -0.25) is 14.8 Å². The summed E-state index contributed by atoms with van der Waals surface area (Å²) in [5.41, 5.74) is 2.78. The van der Waals surface area contributed by atoms with Crippen LogP contribution in [0.5, 0.6) is 0 Å². The third kappa shape index (κ3) is 6.61. The summed E-state index contributed by atoms with van der Waals surface area (Å²) in [5.74, 6) is -0.392. The van der Waals surface area contributed by atoms with E-state index in [1.165, 1.54) is 18.5 Å². The molecule has 3 aromatic heterocycles. The first-order valence-electron chi connectivity index (χ1n) is 11.5. The smallest absolute Gasteiger partial charge is 0.312 e. The molecular weight excluding hydrogens is 478 g/mol. The Labute approximate surface area is 210 Å². The highest BCUT2D eigenvalue weighted by atomic mass is 32.2. The summed E-state index contributed by atoms with van der Waals surface area (Å²) in [6.07, 6.45) is 6.46. The number of pyridine rings is 2. The molecule has 1 aromatic carbocycles. The number of aromatic nitrogens is 4. The molecule has 1 atom stereocenters. The second-order valence-corrected chi connectivity index (χ2v) is 10.2. The van der Waals surface area contributed by atoms with Gasteiger partial charge in [-0.05, 0) is 68.3 Å². The van der Waals surface area contributed by atoms with Crippen LogP contribution < -0.4 is 4.72 Å². The number of nitrogens with one attached hydrogen (secondary N) is 1. The molecule has 0 saturated heterocycles. The maximum Gasteiger partial charge on any atom is 0.312 e. The van der Waals surface area contributed by atoms with Crippen molar-refractivity contribution in [2.45, 2.75) is 43.7 Å². The van der Waals surface area contributed by atoms with Gasteiger partial charge in [0.15, 0.2) is 0 Å². The standard InChI is InChI=1S/C26H27N5O4S/c1-19(2)35-26(32)17-21-6-3-8-24(29-21)25(30-36(33,34)23-7-4-13-27-18-23)16-20-9-11-22(12-10-20)31-15-5-14-28-31/h3-15,18-19,25,30H,16-17H2,1-2H3. The monoisotopic (exact) mass is 505 g/mol. The summed E-state index contributed by atoms with van der Waals surface area (Å²) in [6, 6.07) is 17.1. The molecule has 0 aliphatic carbocycles. The molecule has 1 N–H and O–H groups in total. The van der Waals surface area contributed by atoms with Gasteiger partial charge < -0.3 is 4.74 Å². The Kier molecular flexibility index (Phi) is 7.87. The van der Waals surface area contributed by atoms with Gasteiger partial charge in [-0.1, -0.05) is 18.2 Å². The first kappa shape index (κ1) is 25.2. The maximum absolute atomic E-state index is 13.1. The first-order chi connectivity index (χ1) is 17.3. The van der Waals surface area contributed by atoms with Gasteiger partial charge in [0.25, 0.3) is 0 Å². The highest BCUT2D eigenvalue weighted by Crippen LogP contribution is 2.22. The summed E-state index contributed by atoms with van der Waals surface area (Å²) >= 11 is 0. The Morgan fingerprint density at radius 2 is 1.83 bits per heavy atom. The number of hydrogen-bond donors (Lipinski definition) is 1. The van der Waals surface area contributed by atoms with Crippen LogP contribution in [0, 0.1) is 0 Å². The third-order valence-electron chi connectivity index (χ3n) is 5.27. The second-order valence-electron chi connectivity index (χ2n) is 8.45. The number of rotatable bonds is 10. The summed E-state index contributed by atoms with van der Waals surface area (Å²) in [5, 5.41) is 4.23. The lowest BCUT2D eigenvalue weighted by atomic mass is 10.0. The van der Waals surface area contributed by atoms with Crippen molar-refractivity contribution in [3.8, 4) is 5.69 Å². The molecule has 1 unspecified atom stereocenters. The Morgan fingerprint density at radius 1 is 1.03 bits per heavy atom. The second kappa shape index (κ2) is 11.2. The molecule has 9 nitrogen and oxygen atoms in total. The van der Waals surface area contributed by atoms with Gasteiger partial charge in [0.1, 0.15) is 4.90 Å². The molecule has 36 heavy (non-hydrogen) atoms. The fraction of sp³-hybridized carbons (Fsp3) is 0.231. The molecule has 3 heterocycles. The predicted molar refractivity (Wildman–Crippen MR) is 134 cm³/mol. The molecule has 0 aliphatic rings. The van der Waals surface area contributed by atoms with Crippen LogP contribution in [0.25, 0.3) is 5.69 Å². The van der Waals surface area contributed by atoms with E-state index in [0.29, 0.717) is 17.8 Å². The summed E-state index contributed by atoms with van der Waals surface area (Å²) in [7, 11) is -3.88. The normalized spacial score (nSPS) is 12.4. The summed E-state index contributed by atoms with van der Waals surface area (Å²) in [6.45, 7) is 3.56. The van der Waals surface area contributed by atoms with E-state index in [1.54, 1.807) is 49.0 Å². The van der Waals surface area contributed by atoms with Gasteiger partial charge in [0.05, 0.1) is 35.6 Å². The topological polar surface area (TPSA) is 116 Å². The van der Waals surface area contributed by atoms with E-state index in [2.05, 4.69) is 19.8 Å². The van der Waals surface area contributed by atoms with Gasteiger partial charge >= 0.3 is 5.97 Å². The number of carbonyl (C=O) groups excluding carboxylic acids is 1. The van der Waals surface area contributed by atoms with Crippen molar-refractivity contribution in [1.29, 1.82) is 0 Å². The molecule has 0 fully saturated rings. The van der Waals surface area contributed by atoms with E-state index in [1.807, 2.05) is 36.5 Å². The lowest BCUT2D eigenvalue weighted by Gasteiger charge is -2.19. The number of ether oxygens (including phenoxy) is 1. The van der Waals surface area contributed by atoms with E-state index < -0.39 is 22.0 Å². The van der Waals surface area contributed by atoms with E-state index in [9.17, 15) is 13.2 Å². The zero-order chi connectivity index (χ0) is 25.5. The van der Waals surface area contributed by atoms with Crippen molar-refractivity contribution in [3.63, 3.8) is 0 Å². The summed E-state index contributed by atoms with van der Waals surface area (Å²) in [4.78, 5) is 20.7. The van der Waals surface area contributed by atoms with Gasteiger partial charge in [-0.25, -0.2) is 17.8 Å². The molecule has 0 spiro atoms. The Hall–Kier alpha value is -3.89. The number of nitrogens with zero attached hydrogens (tertiary/aromatic N) is 4. The van der Waals surface area contributed by atoms with E-state index in [-0.39, 0.29) is 17.4 Å². The van der Waals surface area contributed by atoms with Crippen LogP contribution in [0.15, 0.2) is 90.3 Å². The average molecular weight is 506 g/mol. The number of sulfonamides is 1. The lowest BCUT2D eigenvalue weighted by molar-refractivity contribution is -0.146. The number of hydrogen-bond acceptors (Lipinski definition) is 7. The summed E-state index contributed by atoms with van der Waals surface area (Å²) < 4.78 is 36.0. The minimum Gasteiger partial charge on any atom is -0.463 e. The molecule has 10 heteroatoms. The molecule has 0 bridgehead atoms. The molecule has 4 rings (SSSR count). The number of carbonyl (C=O) groups is 1. The van der Waals surface area contributed by atoms with Crippen molar-refractivity contribution in [2.75, 3.05) is 0 Å². The van der Waals surface area contributed by atoms with E-state index in [0.717, 1.165) is 11.3 Å². The zero-order valence-corrected chi connectivity index (χ0v) is 20.8. The van der Waals surface area contributed by atoms with Crippen molar-refractivity contribution in [2.24, 2.45) is 0 Å². The van der Waals surface area contributed by atoms with Crippen LogP contribution in [0.4, 0.5) is 0 Å². The zero-order valence-electron chi connectivity index (χ0n) is 20.0. The van der Waals surface area contributed by atoms with Crippen molar-refractivity contribution >= 4 is 16.0 Å². The molecule has 186 valence electrons. The molecular formula is C26H27N5O4S. The van der Waals surface area contributed by atoms with Crippen molar-refractivity contribution in [1.82, 2.24) is 24.5 Å². The van der Waals surface area contributed by atoms with Crippen LogP contribution in [0.3, 0.4) is 0 Å². The predicted octanol–water partition coefficient (Wildman–Crippen LogP) is 3.42. The highest BCUT2D eigenvalue weighted by Gasteiger charge is 2.24. The molecule has 0 saturated carbocycles. The van der Waals surface area contributed by atoms with Crippen LogP contribution in [0.1, 0.15) is 36.8 Å². The van der Waals surface area contributed by atoms with E-state index in [4.69, 9.17) is 4.74 Å². The van der Waals surface area contributed by atoms with Crippen molar-refractivity contribution < 1.29 is 17.9 Å². The number of esters is 1. The molecule has 0 radical (unpaired) electrons. The molecule has 0 aliphatic heterocycles. The maximum atomic E-state index is 13.1. The van der Waals surface area contributed by atoms with Crippen LogP contribution in [0.2, 0.25) is 0 Å². The Balaban J connectivity index is 1.62. The van der Waals surface area contributed by atoms with Gasteiger partial charge in [-0.2, -0.15) is 5.10 Å². The minimum atomic E-state index is -3.88. The molecule has 4 aromatic rings. The first-order valence-corrected chi connectivity index (χ1v) is 12.9. The average Bonchev–Trinajstić information content (AvgIpc) is 3.39. The van der Waals surface area contributed by atoms with Gasteiger partial charge in [-0.15, -0.1) is 0 Å². The third-order valence-corrected chi connectivity index (χ3v) is 6.72. The van der Waals surface area contributed by atoms with Crippen LogP contribution >= 0.6 is 0 Å². The van der Waals surface area contributed by atoms with E-state index >= 15 is 0 Å². The molecule has 0 amide bonds. The van der Waals surface area contributed by atoms with Crippen LogP contribution in [-0.2, 0) is 32.4 Å². The quantitative estimate of drug-likeness (QED) is 0.328. The lowest BCUT2D eigenvalue weighted by Crippen LogP contribution is -2.31.